The molecule has 1 aliphatic rings. The number of aromatic amines is 1. The minimum atomic E-state index is -4.73. The SMILES string of the molecule is COCC(C)(C)CN(C)c1cc(-c2cc(F)cc(C(F)(F)F)c2)nc2nc(-c3cnc(N4CCN(CCCC(=O)O)CC4)cn3)[nH]c12. The van der Waals surface area contributed by atoms with Crippen LogP contribution in [0.2, 0.25) is 0 Å². The van der Waals surface area contributed by atoms with Gasteiger partial charge in [0.25, 0.3) is 0 Å². The lowest BCUT2D eigenvalue weighted by Gasteiger charge is -2.35. The normalized spacial score (nSPS) is 14.6. The van der Waals surface area contributed by atoms with Crippen LogP contribution in [0, 0.1) is 11.2 Å². The predicted molar refractivity (Wildman–Crippen MR) is 170 cm³/mol. The summed E-state index contributed by atoms with van der Waals surface area (Å²) < 4.78 is 60.4. The van der Waals surface area contributed by atoms with Crippen LogP contribution < -0.4 is 9.80 Å². The van der Waals surface area contributed by atoms with Crippen molar-refractivity contribution < 1.29 is 32.2 Å². The lowest BCUT2D eigenvalue weighted by atomic mass is 9.94. The van der Waals surface area contributed by atoms with Crippen molar-refractivity contribution >= 4 is 28.6 Å². The molecule has 4 heterocycles. The molecule has 2 N–H and O–H groups in total. The number of carbonyl (C=O) groups is 1. The summed E-state index contributed by atoms with van der Waals surface area (Å²) in [5, 5.41) is 8.87. The van der Waals surface area contributed by atoms with E-state index >= 15 is 0 Å². The molecule has 0 bridgehead atoms. The van der Waals surface area contributed by atoms with Gasteiger partial charge in [0.05, 0.1) is 35.9 Å². The molecule has 1 aliphatic heterocycles. The summed E-state index contributed by atoms with van der Waals surface area (Å²) in [6.07, 6.45) is -0.714. The number of carboxylic acid groups (broad SMARTS) is 1. The van der Waals surface area contributed by atoms with Gasteiger partial charge in [0.15, 0.2) is 11.5 Å². The zero-order valence-corrected chi connectivity index (χ0v) is 26.7. The number of hydrogen-bond donors (Lipinski definition) is 2. The molecular weight excluding hydrogens is 620 g/mol. The van der Waals surface area contributed by atoms with Crippen LogP contribution in [-0.2, 0) is 15.7 Å². The molecule has 1 aromatic carbocycles. The molecule has 0 aliphatic carbocycles. The second-order valence-corrected chi connectivity index (χ2v) is 12.6. The van der Waals surface area contributed by atoms with E-state index in [2.05, 4.69) is 34.7 Å². The van der Waals surface area contributed by atoms with Crippen molar-refractivity contribution in [1.29, 1.82) is 0 Å². The first-order valence-electron chi connectivity index (χ1n) is 15.2. The minimum Gasteiger partial charge on any atom is -0.481 e. The Morgan fingerprint density at radius 1 is 1.04 bits per heavy atom. The van der Waals surface area contributed by atoms with E-state index in [1.165, 1.54) is 0 Å². The number of hydrogen-bond acceptors (Lipinski definition) is 9. The third kappa shape index (κ3) is 8.32. The lowest BCUT2D eigenvalue weighted by Crippen LogP contribution is -2.47. The van der Waals surface area contributed by atoms with Crippen molar-refractivity contribution in [3.8, 4) is 22.8 Å². The van der Waals surface area contributed by atoms with Crippen molar-refractivity contribution in [2.24, 2.45) is 5.41 Å². The molecule has 3 aromatic heterocycles. The average molecular weight is 659 g/mol. The van der Waals surface area contributed by atoms with Gasteiger partial charge in [0, 0.05) is 64.3 Å². The Kier molecular flexibility index (Phi) is 9.96. The fraction of sp³-hybridized carbons (Fsp3) is 0.469. The number of pyridine rings is 1. The summed E-state index contributed by atoms with van der Waals surface area (Å²) in [6.45, 7) is 8.80. The highest BCUT2D eigenvalue weighted by atomic mass is 19.4. The molecule has 1 fully saturated rings. The molecule has 0 unspecified atom stereocenters. The topological polar surface area (TPSA) is 124 Å². The van der Waals surface area contributed by atoms with E-state index in [0.29, 0.717) is 54.2 Å². The van der Waals surface area contributed by atoms with Gasteiger partial charge in [0.2, 0.25) is 0 Å². The highest BCUT2D eigenvalue weighted by Gasteiger charge is 2.32. The molecule has 0 spiro atoms. The number of piperazine rings is 1. The maximum Gasteiger partial charge on any atom is 0.416 e. The number of benzene rings is 1. The first-order valence-corrected chi connectivity index (χ1v) is 15.2. The van der Waals surface area contributed by atoms with Gasteiger partial charge in [-0.25, -0.2) is 24.3 Å². The van der Waals surface area contributed by atoms with E-state index in [0.717, 1.165) is 44.9 Å². The zero-order chi connectivity index (χ0) is 33.9. The number of aliphatic carboxylic acids is 1. The number of carboxylic acids is 1. The Labute approximate surface area is 269 Å². The summed E-state index contributed by atoms with van der Waals surface area (Å²) in [4.78, 5) is 38.7. The first kappa shape index (κ1) is 34.0. The summed E-state index contributed by atoms with van der Waals surface area (Å²) >= 11 is 0. The number of nitrogens with one attached hydrogen (secondary N) is 1. The van der Waals surface area contributed by atoms with Gasteiger partial charge in [-0.1, -0.05) is 13.8 Å². The Balaban J connectivity index is 1.44. The van der Waals surface area contributed by atoms with Gasteiger partial charge >= 0.3 is 12.1 Å². The van der Waals surface area contributed by atoms with E-state index < -0.39 is 23.5 Å². The van der Waals surface area contributed by atoms with Crippen molar-refractivity contribution in [3.63, 3.8) is 0 Å². The number of H-pyrrole nitrogens is 1. The number of halogens is 4. The van der Waals surface area contributed by atoms with E-state index in [4.69, 9.17) is 9.84 Å². The number of imidazole rings is 1. The number of alkyl halides is 3. The molecule has 1 saturated heterocycles. The van der Waals surface area contributed by atoms with Crippen molar-refractivity contribution in [3.05, 3.63) is 48.0 Å². The number of ether oxygens (including phenoxy) is 1. The van der Waals surface area contributed by atoms with E-state index in [-0.39, 0.29) is 28.7 Å². The standard InChI is InChI=1S/C32H38F4N8O3/c1-31(2,19-47-4)18-42(3)25-15-23(20-12-21(32(34,35)36)14-22(33)13-20)39-30-28(25)40-29(41-30)24-16-38-26(17-37-24)44-10-8-43(9-11-44)7-5-6-27(45)46/h12-17H,5-11,18-19H2,1-4H3,(H,45,46)(H,39,40,41). The van der Waals surface area contributed by atoms with Gasteiger partial charge in [-0.15, -0.1) is 0 Å². The van der Waals surface area contributed by atoms with Crippen molar-refractivity contribution in [2.75, 3.05) is 69.8 Å². The van der Waals surface area contributed by atoms with Crippen LogP contribution in [0.5, 0.6) is 0 Å². The van der Waals surface area contributed by atoms with Gasteiger partial charge < -0.3 is 24.6 Å². The largest absolute Gasteiger partial charge is 0.481 e. The Morgan fingerprint density at radius 2 is 1.79 bits per heavy atom. The molecule has 252 valence electrons. The number of fused-ring (bicyclic) bond motifs is 1. The van der Waals surface area contributed by atoms with Crippen LogP contribution in [0.3, 0.4) is 0 Å². The highest BCUT2D eigenvalue weighted by Crippen LogP contribution is 2.36. The Hall–Kier alpha value is -4.37. The third-order valence-electron chi connectivity index (χ3n) is 8.02. The molecule has 0 radical (unpaired) electrons. The first-order chi connectivity index (χ1) is 22.2. The van der Waals surface area contributed by atoms with E-state index in [1.54, 1.807) is 25.6 Å². The quantitative estimate of drug-likeness (QED) is 0.193. The van der Waals surface area contributed by atoms with Crippen LogP contribution in [-0.4, -0.2) is 101 Å². The fourth-order valence-corrected chi connectivity index (χ4v) is 5.87. The highest BCUT2D eigenvalue weighted by molar-refractivity contribution is 5.91. The number of aromatic nitrogens is 5. The smallest absolute Gasteiger partial charge is 0.416 e. The Morgan fingerprint density at radius 3 is 2.43 bits per heavy atom. The third-order valence-corrected chi connectivity index (χ3v) is 8.02. The molecule has 5 rings (SSSR count). The molecule has 47 heavy (non-hydrogen) atoms. The van der Waals surface area contributed by atoms with Crippen LogP contribution in [0.25, 0.3) is 33.9 Å². The zero-order valence-electron chi connectivity index (χ0n) is 26.7. The predicted octanol–water partition coefficient (Wildman–Crippen LogP) is 5.34. The molecule has 11 nitrogen and oxygen atoms in total. The number of rotatable bonds is 12. The number of nitrogens with zero attached hydrogens (tertiary/aromatic N) is 7. The van der Waals surface area contributed by atoms with Gasteiger partial charge in [-0.2, -0.15) is 13.2 Å². The molecule has 4 aromatic rings. The summed E-state index contributed by atoms with van der Waals surface area (Å²) in [6, 6.07) is 3.98. The summed E-state index contributed by atoms with van der Waals surface area (Å²) in [7, 11) is 3.47. The van der Waals surface area contributed by atoms with Crippen LogP contribution in [0.1, 0.15) is 32.3 Å². The molecular formula is C32H38F4N8O3. The van der Waals surface area contributed by atoms with Crippen molar-refractivity contribution in [2.45, 2.75) is 32.9 Å². The minimum absolute atomic E-state index is 0.0271. The average Bonchev–Trinajstić information content (AvgIpc) is 3.44. The molecule has 0 amide bonds. The fourth-order valence-electron chi connectivity index (χ4n) is 5.87. The summed E-state index contributed by atoms with van der Waals surface area (Å²) in [5.41, 5.74) is 0.536. The van der Waals surface area contributed by atoms with Gasteiger partial charge in [-0.05, 0) is 37.2 Å². The van der Waals surface area contributed by atoms with Gasteiger partial charge in [0.1, 0.15) is 22.8 Å². The molecule has 15 heteroatoms. The number of anilines is 2. The van der Waals surface area contributed by atoms with Crippen LogP contribution in [0.15, 0.2) is 36.7 Å². The molecule has 0 atom stereocenters. The second-order valence-electron chi connectivity index (χ2n) is 12.6. The number of methoxy groups -OCH3 is 1. The van der Waals surface area contributed by atoms with E-state index in [9.17, 15) is 22.4 Å². The maximum absolute atomic E-state index is 14.4. The van der Waals surface area contributed by atoms with Crippen molar-refractivity contribution in [1.82, 2.24) is 29.8 Å². The van der Waals surface area contributed by atoms with E-state index in [1.807, 2.05) is 25.8 Å². The monoisotopic (exact) mass is 658 g/mol. The van der Waals surface area contributed by atoms with Crippen LogP contribution >= 0.6 is 0 Å². The second kappa shape index (κ2) is 13.8. The van der Waals surface area contributed by atoms with Crippen LogP contribution in [0.4, 0.5) is 29.1 Å². The Bertz CT molecular complexity index is 1700. The molecule has 0 saturated carbocycles. The maximum atomic E-state index is 14.4. The van der Waals surface area contributed by atoms with Gasteiger partial charge in [-0.3, -0.25) is 9.69 Å². The lowest BCUT2D eigenvalue weighted by molar-refractivity contribution is -0.138. The summed E-state index contributed by atoms with van der Waals surface area (Å²) in [5.74, 6) is -0.749.